The molecule has 0 saturated heterocycles. The Balaban J connectivity index is 1.87. The molecule has 2 heterocycles. The SMILES string of the molecule is O=C(O)Cc1csc(-c2ccc3c(c2-c2ccccc2)OCCO3)n1. The van der Waals surface area contributed by atoms with Crippen molar-refractivity contribution >= 4 is 17.3 Å². The molecule has 126 valence electrons. The van der Waals surface area contributed by atoms with Crippen LogP contribution >= 0.6 is 11.3 Å². The minimum atomic E-state index is -0.887. The zero-order valence-corrected chi connectivity index (χ0v) is 14.1. The molecule has 1 aromatic heterocycles. The van der Waals surface area contributed by atoms with Gasteiger partial charge in [0.2, 0.25) is 0 Å². The average molecular weight is 353 g/mol. The van der Waals surface area contributed by atoms with E-state index in [0.29, 0.717) is 24.7 Å². The van der Waals surface area contributed by atoms with Crippen molar-refractivity contribution in [1.29, 1.82) is 0 Å². The lowest BCUT2D eigenvalue weighted by atomic mass is 9.98. The van der Waals surface area contributed by atoms with Crippen LogP contribution in [0.2, 0.25) is 0 Å². The third-order valence-corrected chi connectivity index (χ3v) is 4.81. The van der Waals surface area contributed by atoms with E-state index in [1.807, 2.05) is 42.5 Å². The number of fused-ring (bicyclic) bond motifs is 1. The second-order valence-corrected chi connectivity index (χ2v) is 6.45. The lowest BCUT2D eigenvalue weighted by Crippen LogP contribution is -2.16. The molecule has 2 aromatic carbocycles. The first-order chi connectivity index (χ1) is 12.2. The quantitative estimate of drug-likeness (QED) is 0.771. The van der Waals surface area contributed by atoms with Crippen molar-refractivity contribution < 1.29 is 19.4 Å². The van der Waals surface area contributed by atoms with E-state index in [1.165, 1.54) is 11.3 Å². The normalized spacial score (nSPS) is 12.8. The Morgan fingerprint density at radius 1 is 1.12 bits per heavy atom. The highest BCUT2D eigenvalue weighted by molar-refractivity contribution is 7.13. The van der Waals surface area contributed by atoms with Gasteiger partial charge < -0.3 is 14.6 Å². The van der Waals surface area contributed by atoms with E-state index in [4.69, 9.17) is 14.6 Å². The first-order valence-electron chi connectivity index (χ1n) is 7.87. The Morgan fingerprint density at radius 3 is 2.72 bits per heavy atom. The molecule has 1 aliphatic rings. The zero-order valence-electron chi connectivity index (χ0n) is 13.3. The van der Waals surface area contributed by atoms with Crippen LogP contribution in [0.25, 0.3) is 21.7 Å². The van der Waals surface area contributed by atoms with Gasteiger partial charge in [0.25, 0.3) is 0 Å². The largest absolute Gasteiger partial charge is 0.486 e. The number of rotatable bonds is 4. The molecule has 5 nitrogen and oxygen atoms in total. The molecule has 0 unspecified atom stereocenters. The average Bonchev–Trinajstić information content (AvgIpc) is 3.09. The minimum absolute atomic E-state index is 0.0816. The molecule has 0 radical (unpaired) electrons. The summed E-state index contributed by atoms with van der Waals surface area (Å²) in [5, 5.41) is 11.5. The Bertz CT molecular complexity index is 920. The maximum absolute atomic E-state index is 10.9. The van der Waals surface area contributed by atoms with E-state index in [1.54, 1.807) is 5.38 Å². The molecule has 0 aliphatic carbocycles. The predicted octanol–water partition coefficient (Wildman–Crippen LogP) is 3.88. The highest BCUT2D eigenvalue weighted by Gasteiger charge is 2.23. The van der Waals surface area contributed by atoms with Crippen molar-refractivity contribution in [2.24, 2.45) is 0 Å². The molecule has 0 spiro atoms. The third kappa shape index (κ3) is 3.08. The van der Waals surface area contributed by atoms with Gasteiger partial charge in [0.1, 0.15) is 18.2 Å². The van der Waals surface area contributed by atoms with E-state index in [9.17, 15) is 4.79 Å². The second kappa shape index (κ2) is 6.57. The van der Waals surface area contributed by atoms with E-state index < -0.39 is 5.97 Å². The van der Waals surface area contributed by atoms with Crippen LogP contribution in [0, 0.1) is 0 Å². The van der Waals surface area contributed by atoms with Crippen LogP contribution in [0.1, 0.15) is 5.69 Å². The molecule has 1 N–H and O–H groups in total. The summed E-state index contributed by atoms with van der Waals surface area (Å²) in [6.07, 6.45) is -0.0816. The molecule has 1 aliphatic heterocycles. The van der Waals surface area contributed by atoms with Crippen molar-refractivity contribution in [3.8, 4) is 33.2 Å². The number of aromatic nitrogens is 1. The predicted molar refractivity (Wildman–Crippen MR) is 95.3 cm³/mol. The fourth-order valence-corrected chi connectivity index (χ4v) is 3.70. The van der Waals surface area contributed by atoms with Gasteiger partial charge >= 0.3 is 5.97 Å². The summed E-state index contributed by atoms with van der Waals surface area (Å²) in [6.45, 7) is 1.03. The number of carboxylic acids is 1. The number of thiazole rings is 1. The smallest absolute Gasteiger partial charge is 0.309 e. The number of hydrogen-bond acceptors (Lipinski definition) is 5. The molecular formula is C19H15NO4S. The monoisotopic (exact) mass is 353 g/mol. The number of hydrogen-bond donors (Lipinski definition) is 1. The van der Waals surface area contributed by atoms with Crippen LogP contribution in [-0.4, -0.2) is 29.3 Å². The van der Waals surface area contributed by atoms with Crippen LogP contribution in [0.15, 0.2) is 47.8 Å². The molecule has 25 heavy (non-hydrogen) atoms. The Labute approximate surface area is 148 Å². The fraction of sp³-hybridized carbons (Fsp3) is 0.158. The molecule has 4 rings (SSSR count). The first-order valence-corrected chi connectivity index (χ1v) is 8.75. The van der Waals surface area contributed by atoms with Crippen LogP contribution in [0.4, 0.5) is 0 Å². The van der Waals surface area contributed by atoms with E-state index >= 15 is 0 Å². The van der Waals surface area contributed by atoms with E-state index in [2.05, 4.69) is 4.98 Å². The lowest BCUT2D eigenvalue weighted by Gasteiger charge is -2.23. The lowest BCUT2D eigenvalue weighted by molar-refractivity contribution is -0.136. The number of carbonyl (C=O) groups is 1. The van der Waals surface area contributed by atoms with Gasteiger partial charge in [-0.25, -0.2) is 4.98 Å². The van der Waals surface area contributed by atoms with E-state index in [-0.39, 0.29) is 6.42 Å². The van der Waals surface area contributed by atoms with E-state index in [0.717, 1.165) is 27.4 Å². The molecule has 0 bridgehead atoms. The molecule has 0 saturated carbocycles. The summed E-state index contributed by atoms with van der Waals surface area (Å²) in [5.74, 6) is 0.545. The zero-order chi connectivity index (χ0) is 17.2. The van der Waals surface area contributed by atoms with Gasteiger partial charge in [-0.05, 0) is 17.7 Å². The van der Waals surface area contributed by atoms with Crippen LogP contribution in [0.3, 0.4) is 0 Å². The molecule has 0 fully saturated rings. The number of ether oxygens (including phenoxy) is 2. The van der Waals surface area contributed by atoms with Gasteiger partial charge in [0.05, 0.1) is 12.1 Å². The molecular weight excluding hydrogens is 338 g/mol. The van der Waals surface area contributed by atoms with Gasteiger partial charge in [-0.2, -0.15) is 0 Å². The van der Waals surface area contributed by atoms with Crippen LogP contribution < -0.4 is 9.47 Å². The Kier molecular flexibility index (Phi) is 4.11. The first kappa shape index (κ1) is 15.7. The number of aliphatic carboxylic acids is 1. The summed E-state index contributed by atoms with van der Waals surface area (Å²) in [5.41, 5.74) is 3.40. The third-order valence-electron chi connectivity index (χ3n) is 3.89. The summed E-state index contributed by atoms with van der Waals surface area (Å²) in [4.78, 5) is 15.4. The minimum Gasteiger partial charge on any atom is -0.486 e. The number of nitrogens with zero attached hydrogens (tertiary/aromatic N) is 1. The van der Waals surface area contributed by atoms with Crippen molar-refractivity contribution in [1.82, 2.24) is 4.98 Å². The highest BCUT2D eigenvalue weighted by atomic mass is 32.1. The number of benzene rings is 2. The van der Waals surface area contributed by atoms with Crippen LogP contribution in [0.5, 0.6) is 11.5 Å². The maximum atomic E-state index is 10.9. The summed E-state index contributed by atoms with van der Waals surface area (Å²) < 4.78 is 11.6. The van der Waals surface area contributed by atoms with Gasteiger partial charge in [-0.15, -0.1) is 11.3 Å². The summed E-state index contributed by atoms with van der Waals surface area (Å²) >= 11 is 1.43. The molecule has 0 atom stereocenters. The van der Waals surface area contributed by atoms with Gasteiger partial charge in [0, 0.05) is 16.5 Å². The fourth-order valence-electron chi connectivity index (χ4n) is 2.85. The van der Waals surface area contributed by atoms with Crippen LogP contribution in [-0.2, 0) is 11.2 Å². The second-order valence-electron chi connectivity index (χ2n) is 5.59. The topological polar surface area (TPSA) is 68.7 Å². The Hall–Kier alpha value is -2.86. The molecule has 0 amide bonds. The standard InChI is InChI=1S/C19H15NO4S/c21-16(22)10-13-11-25-19(20-13)14-6-7-15-18(24-9-8-23-15)17(14)12-4-2-1-3-5-12/h1-7,11H,8-10H2,(H,21,22). The molecule has 3 aromatic rings. The maximum Gasteiger partial charge on any atom is 0.309 e. The van der Waals surface area contributed by atoms with Gasteiger partial charge in [-0.3, -0.25) is 4.79 Å². The highest BCUT2D eigenvalue weighted by Crippen LogP contribution is 2.46. The van der Waals surface area contributed by atoms with Gasteiger partial charge in [0.15, 0.2) is 11.5 Å². The van der Waals surface area contributed by atoms with Crippen molar-refractivity contribution in [2.45, 2.75) is 6.42 Å². The van der Waals surface area contributed by atoms with Crippen molar-refractivity contribution in [2.75, 3.05) is 13.2 Å². The molecule has 6 heteroatoms. The van der Waals surface area contributed by atoms with Crippen molar-refractivity contribution in [3.05, 3.63) is 53.5 Å². The van der Waals surface area contributed by atoms with Crippen molar-refractivity contribution in [3.63, 3.8) is 0 Å². The Morgan fingerprint density at radius 2 is 1.92 bits per heavy atom. The van der Waals surface area contributed by atoms with Gasteiger partial charge in [-0.1, -0.05) is 30.3 Å². The summed E-state index contributed by atoms with van der Waals surface area (Å²) in [6, 6.07) is 13.8. The number of carboxylic acid groups (broad SMARTS) is 1. The summed E-state index contributed by atoms with van der Waals surface area (Å²) in [7, 11) is 0.